The monoisotopic (exact) mass is 494 g/mol. The van der Waals surface area contributed by atoms with Crippen LogP contribution < -0.4 is 15.8 Å². The van der Waals surface area contributed by atoms with Gasteiger partial charge in [-0.25, -0.2) is 23.4 Å². The molecule has 0 bridgehead atoms. The predicted octanol–water partition coefficient (Wildman–Crippen LogP) is 2.46. The highest BCUT2D eigenvalue weighted by Crippen LogP contribution is 2.36. The van der Waals surface area contributed by atoms with E-state index in [1.165, 1.54) is 25.3 Å². The quantitative estimate of drug-likeness (QED) is 0.396. The zero-order valence-corrected chi connectivity index (χ0v) is 18.5. The van der Waals surface area contributed by atoms with Gasteiger partial charge in [-0.1, -0.05) is 17.7 Å². The number of ether oxygens (including phenoxy) is 2. The molecular weight excluding hydrogens is 478 g/mol. The zero-order chi connectivity index (χ0) is 24.8. The number of pyridine rings is 1. The number of carbonyl (C=O) groups excluding carboxylic acids is 3. The number of hydrogen-bond acceptors (Lipinski definition) is 7. The average molecular weight is 495 g/mol. The van der Waals surface area contributed by atoms with Crippen molar-refractivity contribution in [3.05, 3.63) is 57.9 Å². The molecule has 0 aliphatic carbocycles. The first-order chi connectivity index (χ1) is 16.1. The number of carbonyl (C=O) groups is 3. The van der Waals surface area contributed by atoms with Crippen LogP contribution in [0.4, 0.5) is 13.6 Å². The third-order valence-corrected chi connectivity index (χ3v) is 5.67. The molecule has 3 amide bonds. The maximum Gasteiger partial charge on any atom is 0.341 e. The van der Waals surface area contributed by atoms with E-state index in [1.807, 2.05) is 0 Å². The highest BCUT2D eigenvalue weighted by Gasteiger charge is 2.50. The Labute approximate surface area is 195 Å². The minimum absolute atomic E-state index is 0.0627. The first kappa shape index (κ1) is 23.2. The lowest BCUT2D eigenvalue weighted by molar-refractivity contribution is -0.150. The Morgan fingerprint density at radius 3 is 2.71 bits per heavy atom. The summed E-state index contributed by atoms with van der Waals surface area (Å²) in [4.78, 5) is 43.0. The molecule has 1 aliphatic heterocycles. The summed E-state index contributed by atoms with van der Waals surface area (Å²) in [6, 6.07) is 3.89. The maximum absolute atomic E-state index is 14.8. The number of fused-ring (bicyclic) bond motifs is 2. The highest BCUT2D eigenvalue weighted by molar-refractivity contribution is 6.29. The van der Waals surface area contributed by atoms with Crippen molar-refractivity contribution in [2.24, 2.45) is 5.73 Å². The molecule has 3 aromatic rings. The Bertz CT molecular complexity index is 1310. The SMILES string of the molecule is COC(=O)[C@](CN1Cc2ccc(OC)c(F)c2C1=O)(NC(N)=O)c1cc2nc(Cl)c(F)cc2o1. The van der Waals surface area contributed by atoms with Crippen LogP contribution in [0.2, 0.25) is 5.15 Å². The molecule has 0 unspecified atom stereocenters. The number of rotatable bonds is 6. The van der Waals surface area contributed by atoms with Crippen LogP contribution in [0.1, 0.15) is 21.7 Å². The van der Waals surface area contributed by atoms with E-state index in [0.717, 1.165) is 18.1 Å². The van der Waals surface area contributed by atoms with Crippen LogP contribution in [-0.4, -0.2) is 48.6 Å². The Morgan fingerprint density at radius 2 is 2.06 bits per heavy atom. The summed E-state index contributed by atoms with van der Waals surface area (Å²) in [6.07, 6.45) is 0. The van der Waals surface area contributed by atoms with Gasteiger partial charge in [-0.15, -0.1) is 0 Å². The zero-order valence-electron chi connectivity index (χ0n) is 17.8. The van der Waals surface area contributed by atoms with Gasteiger partial charge in [-0.2, -0.15) is 0 Å². The normalized spacial score (nSPS) is 14.6. The predicted molar refractivity (Wildman–Crippen MR) is 113 cm³/mol. The minimum atomic E-state index is -2.18. The largest absolute Gasteiger partial charge is 0.494 e. The summed E-state index contributed by atoms with van der Waals surface area (Å²) in [5, 5.41) is 1.82. The van der Waals surface area contributed by atoms with Gasteiger partial charge in [-0.05, 0) is 11.6 Å². The van der Waals surface area contributed by atoms with Gasteiger partial charge in [0.05, 0.1) is 26.3 Å². The second kappa shape index (κ2) is 8.45. The van der Waals surface area contributed by atoms with Gasteiger partial charge in [-0.3, -0.25) is 4.79 Å². The lowest BCUT2D eigenvalue weighted by Crippen LogP contribution is -2.59. The van der Waals surface area contributed by atoms with Gasteiger partial charge in [0.25, 0.3) is 5.91 Å². The van der Waals surface area contributed by atoms with Crippen LogP contribution in [0, 0.1) is 11.6 Å². The molecule has 3 heterocycles. The van der Waals surface area contributed by atoms with Crippen molar-refractivity contribution in [1.82, 2.24) is 15.2 Å². The van der Waals surface area contributed by atoms with Gasteiger partial charge in [0.1, 0.15) is 11.3 Å². The second-order valence-corrected chi connectivity index (χ2v) is 7.78. The molecule has 0 saturated heterocycles. The molecule has 34 heavy (non-hydrogen) atoms. The Morgan fingerprint density at radius 1 is 1.32 bits per heavy atom. The minimum Gasteiger partial charge on any atom is -0.494 e. The number of urea groups is 1. The van der Waals surface area contributed by atoms with E-state index in [-0.39, 0.29) is 34.7 Å². The molecule has 0 spiro atoms. The van der Waals surface area contributed by atoms with Crippen molar-refractivity contribution in [2.45, 2.75) is 12.1 Å². The number of methoxy groups -OCH3 is 2. The van der Waals surface area contributed by atoms with Gasteiger partial charge < -0.3 is 29.8 Å². The maximum atomic E-state index is 14.8. The Hall–Kier alpha value is -3.93. The van der Waals surface area contributed by atoms with Crippen LogP contribution in [0.3, 0.4) is 0 Å². The number of nitrogens with two attached hydrogens (primary N) is 1. The Balaban J connectivity index is 1.83. The van der Waals surface area contributed by atoms with E-state index in [4.69, 9.17) is 31.2 Å². The Kier molecular flexibility index (Phi) is 5.77. The van der Waals surface area contributed by atoms with Crippen LogP contribution in [-0.2, 0) is 21.6 Å². The number of halogens is 3. The van der Waals surface area contributed by atoms with Crippen LogP contribution >= 0.6 is 11.6 Å². The summed E-state index contributed by atoms with van der Waals surface area (Å²) in [5.74, 6) is -3.96. The van der Waals surface area contributed by atoms with E-state index in [9.17, 15) is 23.2 Å². The third kappa shape index (κ3) is 3.65. The summed E-state index contributed by atoms with van der Waals surface area (Å²) in [6.45, 7) is -0.666. The molecule has 4 rings (SSSR count). The van der Waals surface area contributed by atoms with Crippen molar-refractivity contribution in [3.63, 3.8) is 0 Å². The fraction of sp³-hybridized carbons (Fsp3) is 0.238. The molecule has 0 saturated carbocycles. The standard InChI is InChI=1S/C21H17ClF2N4O6/c1-32-12-4-3-9-7-28(18(29)15(9)16(12)24)8-21(19(30)33-2,27-20(25)31)14-6-11-13(34-14)5-10(23)17(22)26-11/h3-6H,7-8H2,1-2H3,(H3,25,27,31)/t21-/m1/s1. The molecule has 1 aromatic carbocycles. The van der Waals surface area contributed by atoms with Gasteiger partial charge in [0.15, 0.2) is 28.1 Å². The number of furan rings is 1. The van der Waals surface area contributed by atoms with E-state index in [0.29, 0.717) is 5.56 Å². The number of primary amides is 1. The average Bonchev–Trinajstić information content (AvgIpc) is 3.34. The first-order valence-corrected chi connectivity index (χ1v) is 10.1. The summed E-state index contributed by atoms with van der Waals surface area (Å²) in [5.41, 5.74) is 3.22. The lowest BCUT2D eigenvalue weighted by atomic mass is 9.95. The molecule has 0 fully saturated rings. The first-order valence-electron chi connectivity index (χ1n) is 9.68. The molecule has 3 N–H and O–H groups in total. The van der Waals surface area contributed by atoms with Crippen LogP contribution in [0.15, 0.2) is 28.7 Å². The number of aromatic nitrogens is 1. The topological polar surface area (TPSA) is 137 Å². The molecular formula is C21H17ClF2N4O6. The van der Waals surface area contributed by atoms with E-state index in [1.54, 1.807) is 0 Å². The van der Waals surface area contributed by atoms with E-state index in [2.05, 4.69) is 10.3 Å². The van der Waals surface area contributed by atoms with E-state index >= 15 is 0 Å². The number of esters is 1. The van der Waals surface area contributed by atoms with Crippen molar-refractivity contribution >= 4 is 40.6 Å². The molecule has 13 heteroatoms. The number of hydrogen-bond donors (Lipinski definition) is 2. The molecule has 1 aliphatic rings. The molecule has 1 atom stereocenters. The smallest absolute Gasteiger partial charge is 0.341 e. The molecule has 10 nitrogen and oxygen atoms in total. The third-order valence-electron chi connectivity index (χ3n) is 5.41. The van der Waals surface area contributed by atoms with Crippen molar-refractivity contribution in [2.75, 3.05) is 20.8 Å². The number of benzene rings is 1. The van der Waals surface area contributed by atoms with Crippen LogP contribution in [0.5, 0.6) is 5.75 Å². The molecule has 0 radical (unpaired) electrons. The van der Waals surface area contributed by atoms with Crippen molar-refractivity contribution < 1.29 is 37.1 Å². The van der Waals surface area contributed by atoms with Gasteiger partial charge in [0, 0.05) is 18.7 Å². The summed E-state index contributed by atoms with van der Waals surface area (Å²) >= 11 is 5.73. The number of nitrogens with zero attached hydrogens (tertiary/aromatic N) is 2. The lowest BCUT2D eigenvalue weighted by Gasteiger charge is -2.33. The fourth-order valence-electron chi connectivity index (χ4n) is 3.88. The number of nitrogens with one attached hydrogen (secondary N) is 1. The second-order valence-electron chi connectivity index (χ2n) is 7.42. The van der Waals surface area contributed by atoms with Crippen molar-refractivity contribution in [3.8, 4) is 5.75 Å². The fourth-order valence-corrected chi connectivity index (χ4v) is 4.02. The summed E-state index contributed by atoms with van der Waals surface area (Å²) < 4.78 is 44.1. The highest BCUT2D eigenvalue weighted by atomic mass is 35.5. The summed E-state index contributed by atoms with van der Waals surface area (Å²) in [7, 11) is 2.30. The van der Waals surface area contributed by atoms with E-state index < -0.39 is 46.8 Å². The molecule has 178 valence electrons. The van der Waals surface area contributed by atoms with Crippen molar-refractivity contribution in [1.29, 1.82) is 0 Å². The van der Waals surface area contributed by atoms with Crippen LogP contribution in [0.25, 0.3) is 11.1 Å². The molecule has 2 aromatic heterocycles. The number of amides is 3. The van der Waals surface area contributed by atoms with Gasteiger partial charge >= 0.3 is 12.0 Å². The van der Waals surface area contributed by atoms with Gasteiger partial charge in [0.2, 0.25) is 5.54 Å².